The molecule has 1 N–H and O–H groups in total. The maximum atomic E-state index is 4.47. The van der Waals surface area contributed by atoms with Crippen molar-refractivity contribution in [2.24, 2.45) is 5.41 Å². The summed E-state index contributed by atoms with van der Waals surface area (Å²) in [5.41, 5.74) is 1.95. The number of aromatic nitrogens is 2. The Bertz CT molecular complexity index is 388. The van der Waals surface area contributed by atoms with Gasteiger partial charge in [0.2, 0.25) is 0 Å². The second-order valence-corrected chi connectivity index (χ2v) is 6.08. The summed E-state index contributed by atoms with van der Waals surface area (Å²) in [4.78, 5) is 0. The Morgan fingerprint density at radius 1 is 1.35 bits per heavy atom. The van der Waals surface area contributed by atoms with Crippen LogP contribution in [0.2, 0.25) is 0 Å². The zero-order valence-electron chi connectivity index (χ0n) is 10.9. The molecule has 0 aromatic carbocycles. The predicted octanol–water partition coefficient (Wildman–Crippen LogP) is 3.06. The van der Waals surface area contributed by atoms with E-state index in [1.165, 1.54) is 44.2 Å². The van der Waals surface area contributed by atoms with Crippen molar-refractivity contribution < 1.29 is 0 Å². The third kappa shape index (κ3) is 1.81. The predicted molar refractivity (Wildman–Crippen MR) is 68.9 cm³/mol. The molecular formula is C14H23N3. The summed E-state index contributed by atoms with van der Waals surface area (Å²) in [6.07, 6.45) is 11.4. The molecule has 1 atom stereocenters. The van der Waals surface area contributed by atoms with E-state index in [-0.39, 0.29) is 0 Å². The highest BCUT2D eigenvalue weighted by Gasteiger charge is 2.47. The Hall–Kier alpha value is -0.830. The first-order valence-corrected chi connectivity index (χ1v) is 6.99. The highest BCUT2D eigenvalue weighted by molar-refractivity contribution is 5.20. The maximum Gasteiger partial charge on any atom is 0.0537 e. The lowest BCUT2D eigenvalue weighted by molar-refractivity contribution is 0.0360. The molecule has 17 heavy (non-hydrogen) atoms. The quantitative estimate of drug-likeness (QED) is 0.851. The summed E-state index contributed by atoms with van der Waals surface area (Å²) in [6, 6.07) is 1.03. The highest BCUT2D eigenvalue weighted by atomic mass is 15.3. The zero-order chi connectivity index (χ0) is 11.9. The number of hydrogen-bond acceptors (Lipinski definition) is 2. The van der Waals surface area contributed by atoms with Gasteiger partial charge in [-0.2, -0.15) is 5.10 Å². The molecule has 3 nitrogen and oxygen atoms in total. The SMILES string of the molecule is CC(C)n1cc(C2NCC23CCCCC3)cn1. The van der Waals surface area contributed by atoms with Crippen molar-refractivity contribution in [3.05, 3.63) is 18.0 Å². The Kier molecular flexibility index (Phi) is 2.74. The van der Waals surface area contributed by atoms with E-state index in [9.17, 15) is 0 Å². The van der Waals surface area contributed by atoms with Crippen LogP contribution in [0.25, 0.3) is 0 Å². The van der Waals surface area contributed by atoms with Gasteiger partial charge in [0.1, 0.15) is 0 Å². The minimum Gasteiger partial charge on any atom is -0.309 e. The topological polar surface area (TPSA) is 29.9 Å². The summed E-state index contributed by atoms with van der Waals surface area (Å²) in [6.45, 7) is 5.58. The largest absolute Gasteiger partial charge is 0.309 e. The Morgan fingerprint density at radius 2 is 2.12 bits per heavy atom. The smallest absolute Gasteiger partial charge is 0.0537 e. The molecule has 0 bridgehead atoms. The summed E-state index contributed by atoms with van der Waals surface area (Å²) in [7, 11) is 0. The van der Waals surface area contributed by atoms with E-state index >= 15 is 0 Å². The van der Waals surface area contributed by atoms with E-state index in [4.69, 9.17) is 0 Å². The molecule has 94 valence electrons. The summed E-state index contributed by atoms with van der Waals surface area (Å²) < 4.78 is 2.08. The maximum absolute atomic E-state index is 4.47. The molecule has 1 aromatic heterocycles. The second-order valence-electron chi connectivity index (χ2n) is 6.08. The number of nitrogens with one attached hydrogen (secondary N) is 1. The molecule has 1 saturated heterocycles. The van der Waals surface area contributed by atoms with E-state index in [1.807, 2.05) is 0 Å². The van der Waals surface area contributed by atoms with Gasteiger partial charge in [0.05, 0.1) is 6.20 Å². The second kappa shape index (κ2) is 4.13. The molecular weight excluding hydrogens is 210 g/mol. The van der Waals surface area contributed by atoms with Crippen LogP contribution in [0.5, 0.6) is 0 Å². The Morgan fingerprint density at radius 3 is 2.65 bits per heavy atom. The molecule has 2 fully saturated rings. The summed E-state index contributed by atoms with van der Waals surface area (Å²) >= 11 is 0. The van der Waals surface area contributed by atoms with Gasteiger partial charge in [-0.25, -0.2) is 0 Å². The van der Waals surface area contributed by atoms with Gasteiger partial charge in [-0.3, -0.25) is 4.68 Å². The van der Waals surface area contributed by atoms with Gasteiger partial charge in [0, 0.05) is 35.8 Å². The lowest BCUT2D eigenvalue weighted by atomic mass is 9.63. The highest BCUT2D eigenvalue weighted by Crippen LogP contribution is 2.51. The lowest BCUT2D eigenvalue weighted by Gasteiger charge is -2.52. The summed E-state index contributed by atoms with van der Waals surface area (Å²) in [5, 5.41) is 8.09. The minimum atomic E-state index is 0.464. The van der Waals surface area contributed by atoms with Crippen molar-refractivity contribution >= 4 is 0 Å². The van der Waals surface area contributed by atoms with Gasteiger partial charge >= 0.3 is 0 Å². The van der Waals surface area contributed by atoms with Crippen LogP contribution in [0.15, 0.2) is 12.4 Å². The van der Waals surface area contributed by atoms with Gasteiger partial charge in [-0.15, -0.1) is 0 Å². The van der Waals surface area contributed by atoms with Gasteiger partial charge < -0.3 is 5.32 Å². The fraction of sp³-hybridized carbons (Fsp3) is 0.786. The molecule has 1 aliphatic carbocycles. The molecule has 1 aromatic rings. The molecule has 1 unspecified atom stereocenters. The average molecular weight is 233 g/mol. The van der Waals surface area contributed by atoms with Crippen LogP contribution in [0, 0.1) is 5.41 Å². The molecule has 3 rings (SSSR count). The molecule has 2 heterocycles. The van der Waals surface area contributed by atoms with Crippen molar-refractivity contribution in [2.75, 3.05) is 6.54 Å². The molecule has 1 spiro atoms. The first-order chi connectivity index (χ1) is 8.21. The van der Waals surface area contributed by atoms with Crippen LogP contribution in [0.1, 0.15) is 63.6 Å². The van der Waals surface area contributed by atoms with Crippen molar-refractivity contribution in [3.63, 3.8) is 0 Å². The number of rotatable bonds is 2. The number of hydrogen-bond donors (Lipinski definition) is 1. The van der Waals surface area contributed by atoms with Crippen molar-refractivity contribution in [3.8, 4) is 0 Å². The first kappa shape index (κ1) is 11.3. The number of nitrogens with zero attached hydrogens (tertiary/aromatic N) is 2. The van der Waals surface area contributed by atoms with Crippen molar-refractivity contribution in [2.45, 2.75) is 58.0 Å². The van der Waals surface area contributed by atoms with E-state index in [2.05, 4.69) is 41.3 Å². The van der Waals surface area contributed by atoms with Gasteiger partial charge in [-0.05, 0) is 26.7 Å². The van der Waals surface area contributed by atoms with Crippen LogP contribution in [-0.2, 0) is 0 Å². The van der Waals surface area contributed by atoms with Crippen molar-refractivity contribution in [1.29, 1.82) is 0 Å². The Labute approximate surface area is 104 Å². The van der Waals surface area contributed by atoms with Crippen molar-refractivity contribution in [1.82, 2.24) is 15.1 Å². The van der Waals surface area contributed by atoms with Gasteiger partial charge in [0.25, 0.3) is 0 Å². The monoisotopic (exact) mass is 233 g/mol. The third-order valence-corrected chi connectivity index (χ3v) is 4.60. The third-order valence-electron chi connectivity index (χ3n) is 4.60. The fourth-order valence-electron chi connectivity index (χ4n) is 3.47. The van der Waals surface area contributed by atoms with E-state index in [0.717, 1.165) is 0 Å². The molecule has 0 radical (unpaired) electrons. The fourth-order valence-corrected chi connectivity index (χ4v) is 3.47. The molecule has 1 saturated carbocycles. The Balaban J connectivity index is 1.79. The van der Waals surface area contributed by atoms with E-state index in [0.29, 0.717) is 17.5 Å². The normalized spacial score (nSPS) is 27.4. The van der Waals surface area contributed by atoms with Crippen LogP contribution in [-0.4, -0.2) is 16.3 Å². The standard InChI is InChI=1S/C14H23N3/c1-11(2)17-9-12(8-16-17)13-14(10-15-13)6-4-3-5-7-14/h8-9,11,13,15H,3-7,10H2,1-2H3. The van der Waals surface area contributed by atoms with Crippen LogP contribution in [0.3, 0.4) is 0 Å². The summed E-state index contributed by atoms with van der Waals surface area (Å²) in [5.74, 6) is 0. The molecule has 1 aliphatic heterocycles. The van der Waals surface area contributed by atoms with Crippen LogP contribution >= 0.6 is 0 Å². The molecule has 2 aliphatic rings. The van der Waals surface area contributed by atoms with E-state index < -0.39 is 0 Å². The minimum absolute atomic E-state index is 0.464. The van der Waals surface area contributed by atoms with E-state index in [1.54, 1.807) is 0 Å². The van der Waals surface area contributed by atoms with Crippen LogP contribution < -0.4 is 5.32 Å². The average Bonchev–Trinajstić information content (AvgIpc) is 2.78. The first-order valence-electron chi connectivity index (χ1n) is 6.99. The molecule has 0 amide bonds. The van der Waals surface area contributed by atoms with Gasteiger partial charge in [0.15, 0.2) is 0 Å². The van der Waals surface area contributed by atoms with Gasteiger partial charge in [-0.1, -0.05) is 19.3 Å². The zero-order valence-corrected chi connectivity index (χ0v) is 10.9. The van der Waals surface area contributed by atoms with Crippen LogP contribution in [0.4, 0.5) is 0 Å². The lowest BCUT2D eigenvalue weighted by Crippen LogP contribution is -2.56. The molecule has 3 heteroatoms.